The topological polar surface area (TPSA) is 64.4 Å². The van der Waals surface area contributed by atoms with Crippen molar-refractivity contribution in [1.29, 1.82) is 0 Å². The first-order valence-electron chi connectivity index (χ1n) is 6.37. The van der Waals surface area contributed by atoms with Crippen LogP contribution >= 0.6 is 0 Å². The van der Waals surface area contributed by atoms with Gasteiger partial charge in [0.05, 0.1) is 6.61 Å². The van der Waals surface area contributed by atoms with E-state index < -0.39 is 11.8 Å². The number of ether oxygens (including phenoxy) is 1. The van der Waals surface area contributed by atoms with Crippen LogP contribution in [0, 0.1) is 5.82 Å². The maximum Gasteiger partial charge on any atom is 0.328 e. The number of hydrogen-bond acceptors (Lipinski definition) is 3. The third kappa shape index (κ3) is 3.92. The van der Waals surface area contributed by atoms with Crippen LogP contribution in [0.15, 0.2) is 36.5 Å². The van der Waals surface area contributed by atoms with Crippen LogP contribution in [-0.4, -0.2) is 27.5 Å². The summed E-state index contributed by atoms with van der Waals surface area (Å²) in [5.74, 6) is -1.56. The van der Waals surface area contributed by atoms with Crippen LogP contribution in [0.2, 0.25) is 0 Å². The number of aromatic nitrogens is 2. The monoisotopic (exact) mass is 290 g/mol. The molecule has 1 aromatic carbocycles. The summed E-state index contributed by atoms with van der Waals surface area (Å²) < 4.78 is 21.0. The van der Waals surface area contributed by atoms with Crippen LogP contribution < -0.4 is 4.74 Å². The Morgan fingerprint density at radius 2 is 2.29 bits per heavy atom. The quantitative estimate of drug-likeness (QED) is 0.829. The van der Waals surface area contributed by atoms with Crippen LogP contribution in [0.25, 0.3) is 6.08 Å². The number of aliphatic carboxylic acids is 1. The van der Waals surface area contributed by atoms with Crippen molar-refractivity contribution in [3.05, 3.63) is 53.6 Å². The van der Waals surface area contributed by atoms with Gasteiger partial charge >= 0.3 is 5.97 Å². The molecule has 5 nitrogen and oxygen atoms in total. The van der Waals surface area contributed by atoms with Gasteiger partial charge < -0.3 is 9.84 Å². The molecule has 1 N–H and O–H groups in total. The summed E-state index contributed by atoms with van der Waals surface area (Å²) in [6.07, 6.45) is 4.51. The van der Waals surface area contributed by atoms with E-state index in [1.54, 1.807) is 16.9 Å². The Balaban J connectivity index is 2.08. The molecule has 0 saturated heterocycles. The maximum absolute atomic E-state index is 13.8. The highest BCUT2D eigenvalue weighted by Crippen LogP contribution is 2.24. The van der Waals surface area contributed by atoms with E-state index >= 15 is 0 Å². The molecular formula is C15H15FN2O3. The maximum atomic E-state index is 13.8. The van der Waals surface area contributed by atoms with Crippen LogP contribution in [0.3, 0.4) is 0 Å². The number of carbonyl (C=O) groups is 1. The Bertz CT molecular complexity index is 665. The standard InChI is InChI=1S/C15H15FN2O3/c1-18-12(7-9-17-18)8-10-21-15-11(5-6-14(19)20)3-2-4-13(15)16/h2-7,9H,8,10H2,1H3,(H,19,20)/b6-5+. The average Bonchev–Trinajstić information content (AvgIpc) is 2.84. The van der Waals surface area contributed by atoms with Gasteiger partial charge in [-0.1, -0.05) is 12.1 Å². The number of rotatable bonds is 6. The summed E-state index contributed by atoms with van der Waals surface area (Å²) in [6.45, 7) is 0.272. The van der Waals surface area contributed by atoms with E-state index in [9.17, 15) is 9.18 Å². The first-order chi connectivity index (χ1) is 10.1. The second-order valence-electron chi connectivity index (χ2n) is 4.37. The summed E-state index contributed by atoms with van der Waals surface area (Å²) in [7, 11) is 1.82. The molecule has 21 heavy (non-hydrogen) atoms. The SMILES string of the molecule is Cn1nccc1CCOc1c(F)cccc1/C=C/C(=O)O. The number of carboxylic acids is 1. The van der Waals surface area contributed by atoms with Gasteiger partial charge in [-0.25, -0.2) is 9.18 Å². The number of aryl methyl sites for hydroxylation is 1. The molecule has 0 aliphatic heterocycles. The zero-order valence-corrected chi connectivity index (χ0v) is 11.5. The molecule has 6 heteroatoms. The smallest absolute Gasteiger partial charge is 0.328 e. The van der Waals surface area contributed by atoms with Gasteiger partial charge in [0.2, 0.25) is 0 Å². The van der Waals surface area contributed by atoms with Crippen molar-refractivity contribution in [1.82, 2.24) is 9.78 Å². The molecule has 1 heterocycles. The van der Waals surface area contributed by atoms with Crippen molar-refractivity contribution in [2.24, 2.45) is 7.05 Å². The molecule has 2 aromatic rings. The van der Waals surface area contributed by atoms with Crippen LogP contribution in [0.4, 0.5) is 4.39 Å². The molecule has 0 atom stereocenters. The highest BCUT2D eigenvalue weighted by atomic mass is 19.1. The summed E-state index contributed by atoms with van der Waals surface area (Å²) in [5.41, 5.74) is 1.36. The molecule has 0 unspecified atom stereocenters. The molecule has 0 fully saturated rings. The lowest BCUT2D eigenvalue weighted by molar-refractivity contribution is -0.131. The predicted molar refractivity (Wildman–Crippen MR) is 75.5 cm³/mol. The van der Waals surface area contributed by atoms with Crippen LogP contribution in [-0.2, 0) is 18.3 Å². The zero-order valence-electron chi connectivity index (χ0n) is 11.5. The van der Waals surface area contributed by atoms with E-state index in [0.29, 0.717) is 12.0 Å². The fourth-order valence-electron chi connectivity index (χ4n) is 1.87. The van der Waals surface area contributed by atoms with Gasteiger partial charge in [-0.15, -0.1) is 0 Å². The Kier molecular flexibility index (Phi) is 4.71. The minimum absolute atomic E-state index is 0.0529. The Labute approximate surface area is 121 Å². The number of hydrogen-bond donors (Lipinski definition) is 1. The second kappa shape index (κ2) is 6.69. The lowest BCUT2D eigenvalue weighted by Gasteiger charge is -2.10. The molecule has 2 rings (SSSR count). The van der Waals surface area contributed by atoms with E-state index in [0.717, 1.165) is 11.8 Å². The van der Waals surface area contributed by atoms with E-state index in [1.165, 1.54) is 18.2 Å². The van der Waals surface area contributed by atoms with E-state index in [2.05, 4.69) is 5.10 Å². The number of halogens is 1. The van der Waals surface area contributed by atoms with Gasteiger partial charge in [0, 0.05) is 37.0 Å². The minimum atomic E-state index is -1.10. The molecule has 110 valence electrons. The fourth-order valence-corrected chi connectivity index (χ4v) is 1.87. The Morgan fingerprint density at radius 1 is 1.48 bits per heavy atom. The van der Waals surface area contributed by atoms with E-state index in [-0.39, 0.29) is 12.4 Å². The normalized spacial score (nSPS) is 11.0. The number of para-hydroxylation sites is 1. The van der Waals surface area contributed by atoms with Crippen molar-refractivity contribution in [3.63, 3.8) is 0 Å². The van der Waals surface area contributed by atoms with Crippen LogP contribution in [0.5, 0.6) is 5.75 Å². The molecule has 0 spiro atoms. The Hall–Kier alpha value is -2.63. The van der Waals surface area contributed by atoms with Crippen molar-refractivity contribution >= 4 is 12.0 Å². The molecule has 0 bridgehead atoms. The first kappa shape index (κ1) is 14.8. The summed E-state index contributed by atoms with van der Waals surface area (Å²) in [6, 6.07) is 6.24. The van der Waals surface area contributed by atoms with Crippen molar-refractivity contribution in [2.45, 2.75) is 6.42 Å². The summed E-state index contributed by atoms with van der Waals surface area (Å²) in [5, 5.41) is 12.7. The van der Waals surface area contributed by atoms with E-state index in [1.807, 2.05) is 13.1 Å². The molecule has 0 amide bonds. The average molecular weight is 290 g/mol. The molecule has 0 aliphatic rings. The minimum Gasteiger partial charge on any atom is -0.489 e. The molecule has 0 radical (unpaired) electrons. The third-order valence-electron chi connectivity index (χ3n) is 2.93. The number of benzene rings is 1. The van der Waals surface area contributed by atoms with Crippen molar-refractivity contribution in [2.75, 3.05) is 6.61 Å². The first-order valence-corrected chi connectivity index (χ1v) is 6.37. The highest BCUT2D eigenvalue weighted by Gasteiger charge is 2.09. The van der Waals surface area contributed by atoms with Crippen molar-refractivity contribution < 1.29 is 19.0 Å². The van der Waals surface area contributed by atoms with Gasteiger partial charge in [0.1, 0.15) is 0 Å². The number of nitrogens with zero attached hydrogens (tertiary/aromatic N) is 2. The fraction of sp³-hybridized carbons (Fsp3) is 0.200. The largest absolute Gasteiger partial charge is 0.489 e. The molecule has 1 aromatic heterocycles. The molecular weight excluding hydrogens is 275 g/mol. The number of carboxylic acid groups (broad SMARTS) is 1. The van der Waals surface area contributed by atoms with Crippen molar-refractivity contribution in [3.8, 4) is 5.75 Å². The summed E-state index contributed by atoms with van der Waals surface area (Å²) >= 11 is 0. The summed E-state index contributed by atoms with van der Waals surface area (Å²) in [4.78, 5) is 10.5. The predicted octanol–water partition coefficient (Wildman–Crippen LogP) is 2.28. The molecule has 0 aliphatic carbocycles. The Morgan fingerprint density at radius 3 is 2.95 bits per heavy atom. The van der Waals surface area contributed by atoms with Gasteiger partial charge in [-0.05, 0) is 18.2 Å². The highest BCUT2D eigenvalue weighted by molar-refractivity contribution is 5.85. The van der Waals surface area contributed by atoms with E-state index in [4.69, 9.17) is 9.84 Å². The second-order valence-corrected chi connectivity index (χ2v) is 4.37. The van der Waals surface area contributed by atoms with Gasteiger partial charge in [-0.3, -0.25) is 4.68 Å². The molecule has 0 saturated carbocycles. The lowest BCUT2D eigenvalue weighted by Crippen LogP contribution is -2.07. The van der Waals surface area contributed by atoms with Gasteiger partial charge in [0.25, 0.3) is 0 Å². The lowest BCUT2D eigenvalue weighted by atomic mass is 10.1. The zero-order chi connectivity index (χ0) is 15.2. The van der Waals surface area contributed by atoms with Gasteiger partial charge in [-0.2, -0.15) is 5.10 Å². The third-order valence-corrected chi connectivity index (χ3v) is 2.93. The van der Waals surface area contributed by atoms with Gasteiger partial charge in [0.15, 0.2) is 11.6 Å². The van der Waals surface area contributed by atoms with Crippen LogP contribution in [0.1, 0.15) is 11.3 Å².